The molecule has 0 bridgehead atoms. The number of aryl methyl sites for hydroxylation is 2. The summed E-state index contributed by atoms with van der Waals surface area (Å²) < 4.78 is 1.75. The summed E-state index contributed by atoms with van der Waals surface area (Å²) in [6, 6.07) is 10.2. The van der Waals surface area contributed by atoms with E-state index in [1.54, 1.807) is 10.9 Å². The summed E-state index contributed by atoms with van der Waals surface area (Å²) in [5.74, 6) is 0.364. The van der Waals surface area contributed by atoms with E-state index in [2.05, 4.69) is 22.5 Å². The SMILES string of the molecule is Cn1cc(C(NC(=O)CCCc2ccccc2)C2CC(O)C2)cn1. The van der Waals surface area contributed by atoms with Crippen molar-refractivity contribution in [1.29, 1.82) is 0 Å². The molecule has 24 heavy (non-hydrogen) atoms. The Bertz CT molecular complexity index is 662. The molecule has 1 saturated carbocycles. The zero-order chi connectivity index (χ0) is 16.9. The van der Waals surface area contributed by atoms with Gasteiger partial charge in [0.2, 0.25) is 5.91 Å². The Morgan fingerprint density at radius 3 is 2.75 bits per heavy atom. The third-order valence-corrected chi connectivity index (χ3v) is 4.73. The van der Waals surface area contributed by atoms with Gasteiger partial charge in [0.25, 0.3) is 0 Å². The van der Waals surface area contributed by atoms with E-state index in [9.17, 15) is 9.90 Å². The molecule has 1 aromatic heterocycles. The van der Waals surface area contributed by atoms with E-state index in [-0.39, 0.29) is 18.1 Å². The zero-order valence-corrected chi connectivity index (χ0v) is 14.1. The molecule has 0 saturated heterocycles. The van der Waals surface area contributed by atoms with E-state index in [1.807, 2.05) is 31.4 Å². The molecule has 1 unspecified atom stereocenters. The normalized spacial score (nSPS) is 21.1. The smallest absolute Gasteiger partial charge is 0.220 e. The lowest BCUT2D eigenvalue weighted by Crippen LogP contribution is -2.41. The van der Waals surface area contributed by atoms with Crippen LogP contribution < -0.4 is 5.32 Å². The van der Waals surface area contributed by atoms with E-state index in [1.165, 1.54) is 5.56 Å². The number of carbonyl (C=O) groups excluding carboxylic acids is 1. The maximum atomic E-state index is 12.3. The second kappa shape index (κ2) is 7.62. The molecule has 5 heteroatoms. The van der Waals surface area contributed by atoms with Gasteiger partial charge in [-0.1, -0.05) is 30.3 Å². The van der Waals surface area contributed by atoms with Crippen molar-refractivity contribution >= 4 is 5.91 Å². The average Bonchev–Trinajstić information content (AvgIpc) is 2.97. The van der Waals surface area contributed by atoms with Crippen LogP contribution in [0, 0.1) is 5.92 Å². The molecule has 1 heterocycles. The molecule has 2 N–H and O–H groups in total. The zero-order valence-electron chi connectivity index (χ0n) is 14.1. The lowest BCUT2D eigenvalue weighted by atomic mass is 9.75. The van der Waals surface area contributed by atoms with Crippen LogP contribution >= 0.6 is 0 Å². The summed E-state index contributed by atoms with van der Waals surface area (Å²) in [5.41, 5.74) is 2.28. The first kappa shape index (κ1) is 16.7. The quantitative estimate of drug-likeness (QED) is 0.820. The molecule has 1 amide bonds. The molecule has 3 rings (SSSR count). The Morgan fingerprint density at radius 1 is 1.38 bits per heavy atom. The van der Waals surface area contributed by atoms with Crippen molar-refractivity contribution in [3.8, 4) is 0 Å². The van der Waals surface area contributed by atoms with Crippen LogP contribution in [-0.4, -0.2) is 26.9 Å². The van der Waals surface area contributed by atoms with Crippen molar-refractivity contribution in [3.63, 3.8) is 0 Å². The molecular weight excluding hydrogens is 302 g/mol. The van der Waals surface area contributed by atoms with Crippen LogP contribution in [0.5, 0.6) is 0 Å². The average molecular weight is 327 g/mol. The summed E-state index contributed by atoms with van der Waals surface area (Å²) >= 11 is 0. The van der Waals surface area contributed by atoms with Crippen molar-refractivity contribution in [3.05, 3.63) is 53.9 Å². The number of aliphatic hydroxyl groups excluding tert-OH is 1. The van der Waals surface area contributed by atoms with Crippen LogP contribution in [0.1, 0.15) is 42.9 Å². The Kier molecular flexibility index (Phi) is 5.30. The van der Waals surface area contributed by atoms with Crippen LogP contribution in [0.2, 0.25) is 0 Å². The van der Waals surface area contributed by atoms with Crippen LogP contribution in [-0.2, 0) is 18.3 Å². The maximum absolute atomic E-state index is 12.3. The predicted octanol–water partition coefficient (Wildman–Crippen LogP) is 2.37. The van der Waals surface area contributed by atoms with Crippen molar-refractivity contribution < 1.29 is 9.90 Å². The molecule has 1 atom stereocenters. The first-order valence-corrected chi connectivity index (χ1v) is 8.61. The second-order valence-electron chi connectivity index (χ2n) is 6.72. The molecule has 1 aromatic carbocycles. The molecule has 5 nitrogen and oxygen atoms in total. The minimum atomic E-state index is -0.232. The van der Waals surface area contributed by atoms with Gasteiger partial charge in [0.05, 0.1) is 18.3 Å². The van der Waals surface area contributed by atoms with Crippen molar-refractivity contribution in [1.82, 2.24) is 15.1 Å². The minimum Gasteiger partial charge on any atom is -0.393 e. The lowest BCUT2D eigenvalue weighted by molar-refractivity contribution is -0.123. The Balaban J connectivity index is 1.53. The molecule has 0 radical (unpaired) electrons. The van der Waals surface area contributed by atoms with Crippen LogP contribution in [0.4, 0.5) is 0 Å². The number of aromatic nitrogens is 2. The third kappa shape index (κ3) is 4.23. The fraction of sp³-hybridized carbons (Fsp3) is 0.474. The van der Waals surface area contributed by atoms with Crippen LogP contribution in [0.25, 0.3) is 0 Å². The molecule has 1 fully saturated rings. The van der Waals surface area contributed by atoms with Gasteiger partial charge in [-0.25, -0.2) is 0 Å². The van der Waals surface area contributed by atoms with E-state index in [0.29, 0.717) is 12.3 Å². The Labute approximate surface area is 142 Å². The highest BCUT2D eigenvalue weighted by Crippen LogP contribution is 2.38. The molecule has 1 aliphatic carbocycles. The number of carbonyl (C=O) groups is 1. The Hall–Kier alpha value is -2.14. The van der Waals surface area contributed by atoms with Gasteiger partial charge in [-0.2, -0.15) is 5.10 Å². The van der Waals surface area contributed by atoms with Gasteiger partial charge >= 0.3 is 0 Å². The maximum Gasteiger partial charge on any atom is 0.220 e. The summed E-state index contributed by atoms with van der Waals surface area (Å²) in [5, 5.41) is 16.9. The number of nitrogens with zero attached hydrogens (tertiary/aromatic N) is 2. The highest BCUT2D eigenvalue weighted by molar-refractivity contribution is 5.76. The highest BCUT2D eigenvalue weighted by Gasteiger charge is 2.36. The largest absolute Gasteiger partial charge is 0.393 e. The van der Waals surface area contributed by atoms with Gasteiger partial charge in [-0.15, -0.1) is 0 Å². The molecule has 2 aromatic rings. The molecule has 128 valence electrons. The fourth-order valence-corrected chi connectivity index (χ4v) is 3.32. The number of rotatable bonds is 7. The summed E-state index contributed by atoms with van der Waals surface area (Å²) in [6.45, 7) is 0. The number of benzene rings is 1. The van der Waals surface area contributed by atoms with Crippen LogP contribution in [0.15, 0.2) is 42.7 Å². The number of amides is 1. The molecular formula is C19H25N3O2. The van der Waals surface area contributed by atoms with Gasteiger partial charge in [-0.3, -0.25) is 9.48 Å². The van der Waals surface area contributed by atoms with Gasteiger partial charge in [-0.05, 0) is 37.2 Å². The van der Waals surface area contributed by atoms with Crippen molar-refractivity contribution in [2.45, 2.75) is 44.2 Å². The van der Waals surface area contributed by atoms with Crippen molar-refractivity contribution in [2.24, 2.45) is 13.0 Å². The number of hydrogen-bond donors (Lipinski definition) is 2. The summed E-state index contributed by atoms with van der Waals surface area (Å²) in [6.07, 6.45) is 7.26. The topological polar surface area (TPSA) is 67.2 Å². The van der Waals surface area contributed by atoms with E-state index >= 15 is 0 Å². The first-order valence-electron chi connectivity index (χ1n) is 8.61. The van der Waals surface area contributed by atoms with Gasteiger partial charge in [0, 0.05) is 25.2 Å². The summed E-state index contributed by atoms with van der Waals surface area (Å²) in [7, 11) is 1.87. The monoisotopic (exact) mass is 327 g/mol. The number of hydrogen-bond acceptors (Lipinski definition) is 3. The minimum absolute atomic E-state index is 0.0497. The third-order valence-electron chi connectivity index (χ3n) is 4.73. The highest BCUT2D eigenvalue weighted by atomic mass is 16.3. The molecule has 1 aliphatic rings. The van der Waals surface area contributed by atoms with Crippen molar-refractivity contribution in [2.75, 3.05) is 0 Å². The summed E-state index contributed by atoms with van der Waals surface area (Å²) in [4.78, 5) is 12.3. The van der Waals surface area contributed by atoms with Gasteiger partial charge in [0.1, 0.15) is 0 Å². The standard InChI is InChI=1S/C19H25N3O2/c1-22-13-16(12-20-22)19(15-10-17(23)11-15)21-18(24)9-5-8-14-6-3-2-4-7-14/h2-4,6-7,12-13,15,17,19,23H,5,8-11H2,1H3,(H,21,24). The van der Waals surface area contributed by atoms with Crippen LogP contribution in [0.3, 0.4) is 0 Å². The fourth-order valence-electron chi connectivity index (χ4n) is 3.32. The van der Waals surface area contributed by atoms with E-state index in [4.69, 9.17) is 0 Å². The van der Waals surface area contributed by atoms with Gasteiger partial charge < -0.3 is 10.4 Å². The molecule has 0 aliphatic heterocycles. The number of aliphatic hydroxyl groups is 1. The van der Waals surface area contributed by atoms with E-state index < -0.39 is 0 Å². The number of nitrogens with one attached hydrogen (secondary N) is 1. The first-order chi connectivity index (χ1) is 11.6. The van der Waals surface area contributed by atoms with Gasteiger partial charge in [0.15, 0.2) is 0 Å². The van der Waals surface area contributed by atoms with E-state index in [0.717, 1.165) is 31.2 Å². The Morgan fingerprint density at radius 2 is 2.12 bits per heavy atom. The second-order valence-corrected chi connectivity index (χ2v) is 6.72. The molecule has 0 spiro atoms. The predicted molar refractivity (Wildman–Crippen MR) is 92.2 cm³/mol. The lowest BCUT2D eigenvalue weighted by Gasteiger charge is -2.37.